The van der Waals surface area contributed by atoms with E-state index in [0.717, 1.165) is 16.8 Å². The van der Waals surface area contributed by atoms with Crippen LogP contribution in [-0.4, -0.2) is 36.9 Å². The third kappa shape index (κ3) is 6.03. The number of nitrogens with zero attached hydrogens (tertiary/aromatic N) is 2. The minimum absolute atomic E-state index is 0.194. The summed E-state index contributed by atoms with van der Waals surface area (Å²) in [6.07, 6.45) is 1.45. The second-order valence-electron chi connectivity index (χ2n) is 8.68. The number of nitrogens with one attached hydrogen (secondary N) is 3. The van der Waals surface area contributed by atoms with Gasteiger partial charge in [0.1, 0.15) is 5.69 Å². The molecule has 0 fully saturated rings. The van der Waals surface area contributed by atoms with Gasteiger partial charge in [0.2, 0.25) is 0 Å². The molecule has 3 aromatic rings. The van der Waals surface area contributed by atoms with E-state index in [2.05, 4.69) is 34.8 Å². The molecule has 0 unspecified atom stereocenters. The molecule has 182 valence electrons. The van der Waals surface area contributed by atoms with Crippen molar-refractivity contribution in [2.24, 2.45) is 0 Å². The van der Waals surface area contributed by atoms with Crippen molar-refractivity contribution < 1.29 is 14.4 Å². The Morgan fingerprint density at radius 3 is 2.23 bits per heavy atom. The van der Waals surface area contributed by atoms with E-state index in [1.807, 2.05) is 32.0 Å². The minimum atomic E-state index is -0.417. The lowest BCUT2D eigenvalue weighted by molar-refractivity contribution is 0.0957. The number of benzene rings is 2. The number of pyridine rings is 1. The third-order valence-corrected chi connectivity index (χ3v) is 5.76. The van der Waals surface area contributed by atoms with Crippen LogP contribution >= 0.6 is 0 Å². The molecule has 0 saturated heterocycles. The van der Waals surface area contributed by atoms with Crippen LogP contribution in [0.25, 0.3) is 0 Å². The Bertz CT molecular complexity index is 1270. The van der Waals surface area contributed by atoms with Crippen LogP contribution in [0, 0.1) is 13.8 Å². The van der Waals surface area contributed by atoms with Crippen molar-refractivity contribution in [3.63, 3.8) is 0 Å². The highest BCUT2D eigenvalue weighted by Crippen LogP contribution is 2.25. The zero-order chi connectivity index (χ0) is 25.7. The molecule has 35 heavy (non-hydrogen) atoms. The monoisotopic (exact) mass is 473 g/mol. The summed E-state index contributed by atoms with van der Waals surface area (Å²) in [5.41, 5.74) is 5.55. The van der Waals surface area contributed by atoms with Gasteiger partial charge in [-0.15, -0.1) is 0 Å². The topological polar surface area (TPSA) is 103 Å². The molecule has 2 aromatic carbocycles. The van der Waals surface area contributed by atoms with Crippen molar-refractivity contribution in [1.29, 1.82) is 0 Å². The van der Waals surface area contributed by atoms with E-state index in [9.17, 15) is 14.4 Å². The summed E-state index contributed by atoms with van der Waals surface area (Å²) in [6.45, 7) is 8.17. The number of rotatable bonds is 6. The van der Waals surface area contributed by atoms with Gasteiger partial charge in [0.05, 0.1) is 0 Å². The van der Waals surface area contributed by atoms with Gasteiger partial charge in [0.25, 0.3) is 11.8 Å². The summed E-state index contributed by atoms with van der Waals surface area (Å²) < 4.78 is 0. The highest BCUT2D eigenvalue weighted by atomic mass is 16.2. The molecule has 0 radical (unpaired) electrons. The number of aryl methyl sites for hydroxylation is 2. The molecule has 0 atom stereocenters. The Hall–Kier alpha value is -4.20. The quantitative estimate of drug-likeness (QED) is 0.463. The summed E-state index contributed by atoms with van der Waals surface area (Å²) in [5.74, 6) is -0.206. The van der Waals surface area contributed by atoms with Crippen molar-refractivity contribution >= 4 is 34.9 Å². The van der Waals surface area contributed by atoms with E-state index >= 15 is 0 Å². The Morgan fingerprint density at radius 1 is 0.857 bits per heavy atom. The third-order valence-electron chi connectivity index (χ3n) is 5.76. The number of aromatic nitrogens is 1. The molecular weight excluding hydrogens is 442 g/mol. The van der Waals surface area contributed by atoms with Gasteiger partial charge in [-0.05, 0) is 72.9 Å². The van der Waals surface area contributed by atoms with E-state index in [4.69, 9.17) is 0 Å². The summed E-state index contributed by atoms with van der Waals surface area (Å²) in [5, 5.41) is 8.20. The first-order valence-electron chi connectivity index (χ1n) is 11.4. The molecule has 0 aliphatic heterocycles. The first kappa shape index (κ1) is 25.4. The summed E-state index contributed by atoms with van der Waals surface area (Å²) in [4.78, 5) is 43.1. The zero-order valence-corrected chi connectivity index (χ0v) is 20.9. The molecule has 0 aliphatic rings. The van der Waals surface area contributed by atoms with Crippen LogP contribution < -0.4 is 20.9 Å². The fraction of sp³-hybridized carbons (Fsp3) is 0.259. The average molecular weight is 474 g/mol. The fourth-order valence-electron chi connectivity index (χ4n) is 3.79. The molecule has 0 bridgehead atoms. The van der Waals surface area contributed by atoms with Gasteiger partial charge in [-0.25, -0.2) is 4.79 Å². The van der Waals surface area contributed by atoms with Crippen LogP contribution in [0.15, 0.2) is 54.7 Å². The maximum absolute atomic E-state index is 12.9. The van der Waals surface area contributed by atoms with Crippen LogP contribution in [0.3, 0.4) is 0 Å². The molecule has 0 saturated carbocycles. The Labute approximate surface area is 205 Å². The summed E-state index contributed by atoms with van der Waals surface area (Å²) >= 11 is 0. The highest BCUT2D eigenvalue weighted by molar-refractivity contribution is 6.07. The molecule has 8 nitrogen and oxygen atoms in total. The van der Waals surface area contributed by atoms with Crippen molar-refractivity contribution in [3.05, 3.63) is 82.7 Å². The van der Waals surface area contributed by atoms with Crippen LogP contribution in [0.5, 0.6) is 0 Å². The number of hydrogen-bond acceptors (Lipinski definition) is 4. The van der Waals surface area contributed by atoms with Gasteiger partial charge in [0.15, 0.2) is 0 Å². The second-order valence-corrected chi connectivity index (χ2v) is 8.68. The SMILES string of the molecule is CNC(=O)c1cc(NC(=O)N(C)c2cc(C(=O)Nc3ccc(C(C)C)c(C)c3)ccc2C)ccn1. The normalized spacial score (nSPS) is 10.6. The van der Waals surface area contributed by atoms with Crippen molar-refractivity contribution in [3.8, 4) is 0 Å². The smallest absolute Gasteiger partial charge is 0.326 e. The van der Waals surface area contributed by atoms with Crippen LogP contribution in [0.2, 0.25) is 0 Å². The molecule has 0 spiro atoms. The average Bonchev–Trinajstić information content (AvgIpc) is 2.83. The Balaban J connectivity index is 1.77. The van der Waals surface area contributed by atoms with Gasteiger partial charge < -0.3 is 16.0 Å². The lowest BCUT2D eigenvalue weighted by Gasteiger charge is -2.21. The molecule has 1 heterocycles. The van der Waals surface area contributed by atoms with Crippen LogP contribution in [0.4, 0.5) is 21.9 Å². The summed E-state index contributed by atoms with van der Waals surface area (Å²) in [6, 6.07) is 13.8. The van der Waals surface area contributed by atoms with Crippen LogP contribution in [0.1, 0.15) is 57.3 Å². The fourth-order valence-corrected chi connectivity index (χ4v) is 3.79. The number of amides is 4. The molecule has 0 aliphatic carbocycles. The van der Waals surface area contributed by atoms with Gasteiger partial charge >= 0.3 is 6.03 Å². The molecule has 1 aromatic heterocycles. The molecular formula is C27H31N5O3. The van der Waals surface area contributed by atoms with Crippen LogP contribution in [-0.2, 0) is 0 Å². The molecule has 4 amide bonds. The standard InChI is InChI=1S/C27H31N5O3/c1-16(2)22-10-9-20(13-18(22)4)30-25(33)19-8-7-17(3)24(14-19)32(6)27(35)31-21-11-12-29-23(15-21)26(34)28-5/h7-16H,1-6H3,(H,28,34)(H,30,33)(H,29,31,35). The second kappa shape index (κ2) is 10.8. The van der Waals surface area contributed by atoms with Crippen molar-refractivity contribution in [2.75, 3.05) is 29.6 Å². The van der Waals surface area contributed by atoms with Gasteiger partial charge in [0, 0.05) is 42.9 Å². The Kier molecular flexibility index (Phi) is 7.86. The largest absolute Gasteiger partial charge is 0.354 e. The minimum Gasteiger partial charge on any atom is -0.354 e. The predicted molar refractivity (Wildman–Crippen MR) is 139 cm³/mol. The van der Waals surface area contributed by atoms with Gasteiger partial charge in [-0.1, -0.05) is 26.0 Å². The van der Waals surface area contributed by atoms with E-state index in [1.54, 1.807) is 31.3 Å². The summed E-state index contributed by atoms with van der Waals surface area (Å²) in [7, 11) is 3.13. The highest BCUT2D eigenvalue weighted by Gasteiger charge is 2.17. The number of hydrogen-bond donors (Lipinski definition) is 3. The van der Waals surface area contributed by atoms with E-state index in [-0.39, 0.29) is 17.5 Å². The zero-order valence-electron chi connectivity index (χ0n) is 20.9. The lowest BCUT2D eigenvalue weighted by atomic mass is 9.97. The number of anilines is 3. The number of carbonyl (C=O) groups excluding carboxylic acids is 3. The number of carbonyl (C=O) groups is 3. The van der Waals surface area contributed by atoms with Gasteiger partial charge in [-0.2, -0.15) is 0 Å². The molecule has 3 N–H and O–H groups in total. The predicted octanol–water partition coefficient (Wildman–Crippen LogP) is 5.10. The van der Waals surface area contributed by atoms with Gasteiger partial charge in [-0.3, -0.25) is 19.5 Å². The lowest BCUT2D eigenvalue weighted by Crippen LogP contribution is -2.32. The first-order chi connectivity index (χ1) is 16.6. The first-order valence-corrected chi connectivity index (χ1v) is 11.4. The maximum atomic E-state index is 12.9. The molecule has 3 rings (SSSR count). The number of urea groups is 1. The van der Waals surface area contributed by atoms with E-state index in [1.165, 1.54) is 29.8 Å². The molecule has 8 heteroatoms. The van der Waals surface area contributed by atoms with E-state index in [0.29, 0.717) is 22.9 Å². The Morgan fingerprint density at radius 2 is 1.57 bits per heavy atom. The van der Waals surface area contributed by atoms with Crippen molar-refractivity contribution in [2.45, 2.75) is 33.6 Å². The maximum Gasteiger partial charge on any atom is 0.326 e. The van der Waals surface area contributed by atoms with Crippen molar-refractivity contribution in [1.82, 2.24) is 10.3 Å². The van der Waals surface area contributed by atoms with E-state index < -0.39 is 6.03 Å².